The number of imidazole rings is 1. The van der Waals surface area contributed by atoms with E-state index in [0.717, 1.165) is 0 Å². The fourth-order valence-electron chi connectivity index (χ4n) is 2.56. The van der Waals surface area contributed by atoms with Crippen molar-refractivity contribution in [2.24, 2.45) is 7.05 Å². The highest BCUT2D eigenvalue weighted by Crippen LogP contribution is 2.22. The lowest BCUT2D eigenvalue weighted by molar-refractivity contribution is 0.0940. The van der Waals surface area contributed by atoms with E-state index in [1.165, 1.54) is 18.2 Å². The quantitative estimate of drug-likeness (QED) is 0.789. The van der Waals surface area contributed by atoms with Gasteiger partial charge in [-0.15, -0.1) is 0 Å². The Morgan fingerprint density at radius 1 is 1.16 bits per heavy atom. The van der Waals surface area contributed by atoms with Crippen molar-refractivity contribution in [1.29, 1.82) is 0 Å². The van der Waals surface area contributed by atoms with Gasteiger partial charge < -0.3 is 9.88 Å². The smallest absolute Gasteiger partial charge is 0.252 e. The predicted molar refractivity (Wildman–Crippen MR) is 90.1 cm³/mol. The third-order valence-electron chi connectivity index (χ3n) is 4.03. The molecule has 1 atom stereocenters. The molecule has 1 heterocycles. The van der Waals surface area contributed by atoms with Gasteiger partial charge in [0.15, 0.2) is 0 Å². The van der Waals surface area contributed by atoms with Gasteiger partial charge in [0.25, 0.3) is 5.91 Å². The molecule has 2 aromatic carbocycles. The van der Waals surface area contributed by atoms with Crippen LogP contribution in [0.4, 0.5) is 8.78 Å². The van der Waals surface area contributed by atoms with E-state index >= 15 is 0 Å². The molecule has 3 rings (SSSR count). The molecule has 1 N–H and O–H groups in total. The van der Waals surface area contributed by atoms with Gasteiger partial charge in [0.2, 0.25) is 0 Å². The lowest BCUT2D eigenvalue weighted by Crippen LogP contribution is -2.31. The molecular formula is C19H17F2N3O. The summed E-state index contributed by atoms with van der Waals surface area (Å²) in [4.78, 5) is 16.9. The predicted octanol–water partition coefficient (Wildman–Crippen LogP) is 3.53. The minimum atomic E-state index is -0.586. The van der Waals surface area contributed by atoms with Crippen molar-refractivity contribution in [3.8, 4) is 0 Å². The van der Waals surface area contributed by atoms with Crippen molar-refractivity contribution in [2.75, 3.05) is 0 Å². The van der Waals surface area contributed by atoms with E-state index in [-0.39, 0.29) is 11.4 Å². The molecule has 1 aromatic heterocycles. The van der Waals surface area contributed by atoms with Gasteiger partial charge in [-0.3, -0.25) is 4.79 Å². The number of benzene rings is 2. The number of carbonyl (C=O) groups excluding carboxylic acids is 1. The Morgan fingerprint density at radius 2 is 1.88 bits per heavy atom. The number of hydrogen-bond donors (Lipinski definition) is 1. The fourth-order valence-corrected chi connectivity index (χ4v) is 2.56. The minimum absolute atomic E-state index is 0.212. The molecule has 0 aliphatic carbocycles. The number of aryl methyl sites for hydroxylation is 2. The molecule has 0 saturated carbocycles. The summed E-state index contributed by atoms with van der Waals surface area (Å²) in [5, 5.41) is 2.85. The van der Waals surface area contributed by atoms with Gasteiger partial charge in [-0.05, 0) is 42.3 Å². The second-order valence-corrected chi connectivity index (χ2v) is 5.82. The average molecular weight is 341 g/mol. The maximum Gasteiger partial charge on any atom is 0.252 e. The van der Waals surface area contributed by atoms with Gasteiger partial charge in [-0.1, -0.05) is 18.2 Å². The van der Waals surface area contributed by atoms with Crippen molar-refractivity contribution >= 4 is 5.91 Å². The molecule has 0 fully saturated rings. The van der Waals surface area contributed by atoms with Gasteiger partial charge >= 0.3 is 0 Å². The summed E-state index contributed by atoms with van der Waals surface area (Å²) in [6.07, 6.45) is 3.37. The summed E-state index contributed by atoms with van der Waals surface area (Å²) in [6.45, 7) is 1.63. The second-order valence-electron chi connectivity index (χ2n) is 5.82. The van der Waals surface area contributed by atoms with Crippen molar-refractivity contribution in [1.82, 2.24) is 14.9 Å². The van der Waals surface area contributed by atoms with Crippen LogP contribution in [0.5, 0.6) is 0 Å². The molecule has 1 amide bonds. The zero-order valence-electron chi connectivity index (χ0n) is 13.8. The van der Waals surface area contributed by atoms with Crippen molar-refractivity contribution in [3.63, 3.8) is 0 Å². The Labute approximate surface area is 144 Å². The summed E-state index contributed by atoms with van der Waals surface area (Å²) >= 11 is 0. The summed E-state index contributed by atoms with van der Waals surface area (Å²) in [5.74, 6) is -0.652. The second kappa shape index (κ2) is 6.84. The van der Waals surface area contributed by atoms with E-state index in [2.05, 4.69) is 10.3 Å². The molecular weight excluding hydrogens is 324 g/mol. The Bertz CT molecular complexity index is 903. The monoisotopic (exact) mass is 341 g/mol. The van der Waals surface area contributed by atoms with E-state index < -0.39 is 17.8 Å². The van der Waals surface area contributed by atoms with Crippen LogP contribution in [0.2, 0.25) is 0 Å². The van der Waals surface area contributed by atoms with E-state index in [0.29, 0.717) is 17.0 Å². The lowest BCUT2D eigenvalue weighted by atomic mass is 10.0. The van der Waals surface area contributed by atoms with E-state index in [1.807, 2.05) is 0 Å². The standard InChI is InChI=1S/C19H17F2N3O/c1-12-3-4-14(11-16(12)21)19(25)23-17(18-22-9-10-24(18)2)13-5-7-15(20)8-6-13/h3-11,17H,1-2H3,(H,23,25). The number of rotatable bonds is 4. The normalized spacial score (nSPS) is 12.0. The van der Waals surface area contributed by atoms with E-state index in [4.69, 9.17) is 0 Å². The lowest BCUT2D eigenvalue weighted by Gasteiger charge is -2.19. The molecule has 0 spiro atoms. The Morgan fingerprint density at radius 3 is 2.48 bits per heavy atom. The van der Waals surface area contributed by atoms with Crippen LogP contribution in [-0.4, -0.2) is 15.5 Å². The van der Waals surface area contributed by atoms with Crippen LogP contribution in [0, 0.1) is 18.6 Å². The number of amides is 1. The Balaban J connectivity index is 1.94. The zero-order chi connectivity index (χ0) is 18.0. The first-order valence-corrected chi connectivity index (χ1v) is 7.75. The molecule has 0 saturated heterocycles. The molecule has 6 heteroatoms. The number of aromatic nitrogens is 2. The average Bonchev–Trinajstić information content (AvgIpc) is 3.01. The molecule has 1 unspecified atom stereocenters. The topological polar surface area (TPSA) is 46.9 Å². The fraction of sp³-hybridized carbons (Fsp3) is 0.158. The summed E-state index contributed by atoms with van der Waals surface area (Å²) < 4.78 is 28.7. The van der Waals surface area contributed by atoms with Crippen LogP contribution in [0.3, 0.4) is 0 Å². The Kier molecular flexibility index (Phi) is 4.61. The number of nitrogens with zero attached hydrogens (tertiary/aromatic N) is 2. The number of carbonyl (C=O) groups is 1. The molecule has 128 valence electrons. The van der Waals surface area contributed by atoms with Crippen LogP contribution in [0.25, 0.3) is 0 Å². The number of halogens is 2. The van der Waals surface area contributed by atoms with Crippen LogP contribution < -0.4 is 5.32 Å². The van der Waals surface area contributed by atoms with E-state index in [9.17, 15) is 13.6 Å². The maximum atomic E-state index is 13.7. The molecule has 0 radical (unpaired) electrons. The highest BCUT2D eigenvalue weighted by atomic mass is 19.1. The van der Waals surface area contributed by atoms with Gasteiger partial charge in [0, 0.05) is 25.0 Å². The van der Waals surface area contributed by atoms with Crippen molar-refractivity contribution in [3.05, 3.63) is 89.0 Å². The van der Waals surface area contributed by atoms with Gasteiger partial charge in [0.05, 0.1) is 0 Å². The first-order valence-electron chi connectivity index (χ1n) is 7.75. The maximum absolute atomic E-state index is 13.7. The number of hydrogen-bond acceptors (Lipinski definition) is 2. The van der Waals surface area contributed by atoms with Crippen molar-refractivity contribution < 1.29 is 13.6 Å². The van der Waals surface area contributed by atoms with Gasteiger partial charge in [-0.25, -0.2) is 13.8 Å². The molecule has 3 aromatic rings. The summed E-state index contributed by atoms with van der Waals surface area (Å²) in [5.41, 5.74) is 1.36. The highest BCUT2D eigenvalue weighted by molar-refractivity contribution is 5.94. The first kappa shape index (κ1) is 16.8. The third kappa shape index (κ3) is 3.57. The molecule has 0 aliphatic heterocycles. The number of nitrogens with one attached hydrogen (secondary N) is 1. The van der Waals surface area contributed by atoms with E-state index in [1.54, 1.807) is 55.2 Å². The van der Waals surface area contributed by atoms with Crippen LogP contribution in [0.1, 0.15) is 33.4 Å². The highest BCUT2D eigenvalue weighted by Gasteiger charge is 2.22. The minimum Gasteiger partial charge on any atom is -0.338 e. The Hall–Kier alpha value is -3.02. The van der Waals surface area contributed by atoms with Crippen LogP contribution >= 0.6 is 0 Å². The van der Waals surface area contributed by atoms with Crippen molar-refractivity contribution in [2.45, 2.75) is 13.0 Å². The first-order chi connectivity index (χ1) is 12.0. The van der Waals surface area contributed by atoms with Crippen LogP contribution in [-0.2, 0) is 7.05 Å². The molecule has 0 aliphatic rings. The summed E-state index contributed by atoms with van der Waals surface area (Å²) in [7, 11) is 1.80. The molecule has 0 bridgehead atoms. The SMILES string of the molecule is Cc1ccc(C(=O)NC(c2ccc(F)cc2)c2nccn2C)cc1F. The molecule has 4 nitrogen and oxygen atoms in total. The molecule has 25 heavy (non-hydrogen) atoms. The largest absolute Gasteiger partial charge is 0.338 e. The van der Waals surface area contributed by atoms with Gasteiger partial charge in [-0.2, -0.15) is 0 Å². The van der Waals surface area contributed by atoms with Gasteiger partial charge in [0.1, 0.15) is 23.5 Å². The van der Waals surface area contributed by atoms with Crippen LogP contribution in [0.15, 0.2) is 54.9 Å². The zero-order valence-corrected chi connectivity index (χ0v) is 13.8. The summed E-state index contributed by atoms with van der Waals surface area (Å²) in [6, 6.07) is 9.55. The third-order valence-corrected chi connectivity index (χ3v) is 4.03.